The van der Waals surface area contributed by atoms with Crippen LogP contribution in [0.15, 0.2) is 29.2 Å². The molecule has 1 aliphatic rings. The van der Waals surface area contributed by atoms with Gasteiger partial charge in [-0.15, -0.1) is 11.8 Å². The van der Waals surface area contributed by atoms with Crippen molar-refractivity contribution < 1.29 is 13.2 Å². The molecular weight excluding hydrogens is 296 g/mol. The molecule has 0 spiro atoms. The van der Waals surface area contributed by atoms with Gasteiger partial charge in [0, 0.05) is 17.1 Å². The maximum Gasteiger partial charge on any atom is 0.242 e. The van der Waals surface area contributed by atoms with Gasteiger partial charge in [0.2, 0.25) is 15.9 Å². The Morgan fingerprint density at radius 2 is 2.00 bits per heavy atom. The van der Waals surface area contributed by atoms with Gasteiger partial charge in [0.05, 0.1) is 6.26 Å². The number of carbonyl (C=O) groups is 1. The van der Waals surface area contributed by atoms with Crippen molar-refractivity contribution in [2.75, 3.05) is 24.4 Å². The summed E-state index contributed by atoms with van der Waals surface area (Å²) in [5, 5.41) is 2.78. The second-order valence-corrected chi connectivity index (χ2v) is 7.56. The minimum atomic E-state index is -3.33. The number of carbonyl (C=O) groups excluding carboxylic acids is 1. The summed E-state index contributed by atoms with van der Waals surface area (Å²) in [7, 11) is -3.33. The molecule has 2 rings (SSSR count). The molecule has 110 valence electrons. The van der Waals surface area contributed by atoms with Crippen LogP contribution in [-0.2, 0) is 14.8 Å². The Kier molecular flexibility index (Phi) is 4.72. The van der Waals surface area contributed by atoms with Gasteiger partial charge in [-0.3, -0.25) is 4.79 Å². The van der Waals surface area contributed by atoms with E-state index in [1.807, 2.05) is 30.5 Å². The molecule has 0 unspecified atom stereocenters. The Labute approximate surface area is 123 Å². The van der Waals surface area contributed by atoms with E-state index in [1.165, 1.54) is 4.31 Å². The highest BCUT2D eigenvalue weighted by Gasteiger charge is 2.36. The minimum absolute atomic E-state index is 0.259. The Morgan fingerprint density at radius 3 is 2.55 bits per heavy atom. The fraction of sp³-hybridized carbons (Fsp3) is 0.462. The van der Waals surface area contributed by atoms with Gasteiger partial charge in [0.25, 0.3) is 0 Å². The summed E-state index contributed by atoms with van der Waals surface area (Å²) in [5.74, 6) is -0.259. The standard InChI is InChI=1S/C13H18N2O3S2/c1-19-11-7-5-10(6-8-11)14-13(16)12-4-3-9-15(12)20(2,17)18/h5-8,12H,3-4,9H2,1-2H3,(H,14,16)/t12-/m1/s1. The first-order valence-corrected chi connectivity index (χ1v) is 9.41. The number of hydrogen-bond donors (Lipinski definition) is 1. The second-order valence-electron chi connectivity index (χ2n) is 4.75. The number of amides is 1. The highest BCUT2D eigenvalue weighted by molar-refractivity contribution is 7.98. The van der Waals surface area contributed by atoms with Crippen LogP contribution in [0.5, 0.6) is 0 Å². The summed E-state index contributed by atoms with van der Waals surface area (Å²) in [6.07, 6.45) is 4.42. The molecule has 0 aromatic heterocycles. The van der Waals surface area contributed by atoms with E-state index in [0.717, 1.165) is 17.6 Å². The number of rotatable bonds is 4. The van der Waals surface area contributed by atoms with E-state index < -0.39 is 16.1 Å². The molecule has 5 nitrogen and oxygen atoms in total. The molecule has 1 fully saturated rings. The molecule has 0 saturated carbocycles. The molecule has 0 bridgehead atoms. The monoisotopic (exact) mass is 314 g/mol. The van der Waals surface area contributed by atoms with Gasteiger partial charge < -0.3 is 5.32 Å². The van der Waals surface area contributed by atoms with Crippen molar-refractivity contribution in [3.05, 3.63) is 24.3 Å². The topological polar surface area (TPSA) is 66.5 Å². The molecule has 0 aliphatic carbocycles. The van der Waals surface area contributed by atoms with Crippen molar-refractivity contribution in [3.8, 4) is 0 Å². The SMILES string of the molecule is CSc1ccc(NC(=O)[C@H]2CCCN2S(C)(=O)=O)cc1. The number of nitrogens with one attached hydrogen (secondary N) is 1. The van der Waals surface area contributed by atoms with E-state index >= 15 is 0 Å². The van der Waals surface area contributed by atoms with Gasteiger partial charge in [-0.1, -0.05) is 0 Å². The van der Waals surface area contributed by atoms with Gasteiger partial charge in [-0.25, -0.2) is 8.42 Å². The number of hydrogen-bond acceptors (Lipinski definition) is 4. The lowest BCUT2D eigenvalue weighted by molar-refractivity contribution is -0.119. The molecule has 1 aromatic carbocycles. The molecule has 20 heavy (non-hydrogen) atoms. The summed E-state index contributed by atoms with van der Waals surface area (Å²) in [6.45, 7) is 0.419. The van der Waals surface area contributed by atoms with Crippen LogP contribution in [0, 0.1) is 0 Å². The lowest BCUT2D eigenvalue weighted by Gasteiger charge is -2.21. The Morgan fingerprint density at radius 1 is 1.35 bits per heavy atom. The van der Waals surface area contributed by atoms with Crippen molar-refractivity contribution >= 4 is 33.4 Å². The van der Waals surface area contributed by atoms with Crippen LogP contribution in [0.3, 0.4) is 0 Å². The molecule has 1 heterocycles. The van der Waals surface area contributed by atoms with Gasteiger partial charge >= 0.3 is 0 Å². The Balaban J connectivity index is 2.07. The van der Waals surface area contributed by atoms with Crippen LogP contribution in [0.1, 0.15) is 12.8 Å². The fourth-order valence-corrected chi connectivity index (χ4v) is 3.83. The van der Waals surface area contributed by atoms with Gasteiger partial charge in [-0.2, -0.15) is 4.31 Å². The second kappa shape index (κ2) is 6.15. The van der Waals surface area contributed by atoms with E-state index in [0.29, 0.717) is 18.7 Å². The lowest BCUT2D eigenvalue weighted by Crippen LogP contribution is -2.42. The minimum Gasteiger partial charge on any atom is -0.325 e. The Hall–Kier alpha value is -1.05. The van der Waals surface area contributed by atoms with Crippen LogP contribution in [0.2, 0.25) is 0 Å². The Bertz CT molecular complexity index is 584. The summed E-state index contributed by atoms with van der Waals surface area (Å²) < 4.78 is 24.5. The molecule has 7 heteroatoms. The summed E-state index contributed by atoms with van der Waals surface area (Å²) in [6, 6.07) is 6.89. The van der Waals surface area contributed by atoms with Crippen molar-refractivity contribution in [1.29, 1.82) is 0 Å². The smallest absolute Gasteiger partial charge is 0.242 e. The van der Waals surface area contributed by atoms with E-state index in [2.05, 4.69) is 5.32 Å². The number of nitrogens with zero attached hydrogens (tertiary/aromatic N) is 1. The third-order valence-corrected chi connectivity index (χ3v) is 5.32. The normalized spacial score (nSPS) is 20.0. The van der Waals surface area contributed by atoms with Crippen molar-refractivity contribution in [2.45, 2.75) is 23.8 Å². The summed E-state index contributed by atoms with van der Waals surface area (Å²) in [4.78, 5) is 13.3. The zero-order valence-electron chi connectivity index (χ0n) is 11.5. The van der Waals surface area contributed by atoms with Gasteiger partial charge in [-0.05, 0) is 43.4 Å². The molecule has 1 aliphatic heterocycles. The zero-order valence-corrected chi connectivity index (χ0v) is 13.1. The lowest BCUT2D eigenvalue weighted by atomic mass is 10.2. The average molecular weight is 314 g/mol. The molecule has 1 N–H and O–H groups in total. The van der Waals surface area contributed by atoms with Gasteiger partial charge in [0.15, 0.2) is 0 Å². The van der Waals surface area contributed by atoms with Crippen LogP contribution in [0.25, 0.3) is 0 Å². The third kappa shape index (κ3) is 3.53. The number of thioether (sulfide) groups is 1. The molecule has 1 aromatic rings. The van der Waals surface area contributed by atoms with Crippen molar-refractivity contribution in [1.82, 2.24) is 4.31 Å². The molecular formula is C13H18N2O3S2. The maximum absolute atomic E-state index is 12.2. The first-order chi connectivity index (χ1) is 9.41. The van der Waals surface area contributed by atoms with E-state index in [4.69, 9.17) is 0 Å². The number of sulfonamides is 1. The predicted molar refractivity (Wildman–Crippen MR) is 81.4 cm³/mol. The van der Waals surface area contributed by atoms with E-state index in [9.17, 15) is 13.2 Å². The molecule has 1 saturated heterocycles. The first kappa shape index (κ1) is 15.3. The third-order valence-electron chi connectivity index (χ3n) is 3.29. The quantitative estimate of drug-likeness (QED) is 0.860. The van der Waals surface area contributed by atoms with Crippen LogP contribution in [-0.4, -0.2) is 43.7 Å². The highest BCUT2D eigenvalue weighted by Crippen LogP contribution is 2.23. The number of anilines is 1. The predicted octanol–water partition coefficient (Wildman–Crippen LogP) is 1.77. The largest absolute Gasteiger partial charge is 0.325 e. The first-order valence-electron chi connectivity index (χ1n) is 6.33. The fourth-order valence-electron chi connectivity index (χ4n) is 2.30. The molecule has 0 radical (unpaired) electrons. The van der Waals surface area contributed by atoms with Crippen LogP contribution >= 0.6 is 11.8 Å². The van der Waals surface area contributed by atoms with Crippen molar-refractivity contribution in [2.24, 2.45) is 0 Å². The molecule has 1 atom stereocenters. The highest BCUT2D eigenvalue weighted by atomic mass is 32.2. The van der Waals surface area contributed by atoms with Crippen LogP contribution in [0.4, 0.5) is 5.69 Å². The van der Waals surface area contributed by atoms with Gasteiger partial charge in [0.1, 0.15) is 6.04 Å². The van der Waals surface area contributed by atoms with E-state index in [-0.39, 0.29) is 5.91 Å². The maximum atomic E-state index is 12.2. The zero-order chi connectivity index (χ0) is 14.8. The summed E-state index contributed by atoms with van der Waals surface area (Å²) in [5.41, 5.74) is 0.688. The van der Waals surface area contributed by atoms with Crippen molar-refractivity contribution in [3.63, 3.8) is 0 Å². The number of benzene rings is 1. The summed E-state index contributed by atoms with van der Waals surface area (Å²) >= 11 is 1.63. The van der Waals surface area contributed by atoms with Crippen LogP contribution < -0.4 is 5.32 Å². The van der Waals surface area contributed by atoms with E-state index in [1.54, 1.807) is 11.8 Å². The molecule has 1 amide bonds. The average Bonchev–Trinajstić information content (AvgIpc) is 2.89.